The van der Waals surface area contributed by atoms with Crippen LogP contribution in [0.5, 0.6) is 11.5 Å². The summed E-state index contributed by atoms with van der Waals surface area (Å²) < 4.78 is 10.6. The number of rotatable bonds is 5. The number of pyridine rings is 1. The smallest absolute Gasteiger partial charge is 0.246 e. The van der Waals surface area contributed by atoms with Crippen molar-refractivity contribution in [3.63, 3.8) is 0 Å². The highest BCUT2D eigenvalue weighted by atomic mass is 16.5. The highest BCUT2D eigenvalue weighted by Gasteiger charge is 2.20. The molecule has 1 aliphatic heterocycles. The first-order valence-electron chi connectivity index (χ1n) is 9.97. The van der Waals surface area contributed by atoms with Gasteiger partial charge >= 0.3 is 0 Å². The van der Waals surface area contributed by atoms with Gasteiger partial charge in [0.1, 0.15) is 17.3 Å². The number of fused-ring (bicyclic) bond motifs is 1. The molecule has 3 aromatic rings. The van der Waals surface area contributed by atoms with Crippen molar-refractivity contribution in [2.24, 2.45) is 0 Å². The number of hydrogen-bond donors (Lipinski definition) is 0. The molecule has 0 spiro atoms. The van der Waals surface area contributed by atoms with Gasteiger partial charge in [0.2, 0.25) is 5.91 Å². The fraction of sp³-hybridized carbons (Fsp3) is 0.250. The molecular formula is C24H25N3O3. The largest absolute Gasteiger partial charge is 0.497 e. The minimum absolute atomic E-state index is 0.000934. The summed E-state index contributed by atoms with van der Waals surface area (Å²) >= 11 is 0. The average molecular weight is 403 g/mol. The molecule has 2 aromatic carbocycles. The van der Waals surface area contributed by atoms with Crippen molar-refractivity contribution in [3.05, 3.63) is 66.2 Å². The van der Waals surface area contributed by atoms with Crippen LogP contribution in [0.2, 0.25) is 0 Å². The topological polar surface area (TPSA) is 54.9 Å². The molecule has 154 valence electrons. The maximum atomic E-state index is 12.7. The molecule has 1 aliphatic rings. The number of ether oxygens (including phenoxy) is 2. The molecule has 30 heavy (non-hydrogen) atoms. The van der Waals surface area contributed by atoms with Crippen LogP contribution in [-0.2, 0) is 4.79 Å². The maximum Gasteiger partial charge on any atom is 0.246 e. The van der Waals surface area contributed by atoms with E-state index in [2.05, 4.69) is 23.1 Å². The molecule has 0 bridgehead atoms. The molecule has 4 rings (SSSR count). The Bertz CT molecular complexity index is 1070. The van der Waals surface area contributed by atoms with Crippen molar-refractivity contribution in [1.82, 2.24) is 9.88 Å². The number of carbonyl (C=O) groups excluding carboxylic acids is 1. The van der Waals surface area contributed by atoms with Gasteiger partial charge in [-0.05, 0) is 36.4 Å². The first-order chi connectivity index (χ1) is 14.7. The lowest BCUT2D eigenvalue weighted by Gasteiger charge is -2.35. The van der Waals surface area contributed by atoms with Crippen molar-refractivity contribution >= 4 is 28.7 Å². The summed E-state index contributed by atoms with van der Waals surface area (Å²) in [7, 11) is 3.22. The lowest BCUT2D eigenvalue weighted by molar-refractivity contribution is -0.126. The van der Waals surface area contributed by atoms with Gasteiger partial charge in [-0.15, -0.1) is 0 Å². The second-order valence-corrected chi connectivity index (χ2v) is 7.12. The van der Waals surface area contributed by atoms with Crippen LogP contribution in [0.15, 0.2) is 60.7 Å². The number of methoxy groups -OCH3 is 2. The third-order valence-corrected chi connectivity index (χ3v) is 5.35. The molecular weight excluding hydrogens is 378 g/mol. The van der Waals surface area contributed by atoms with E-state index in [1.165, 1.54) is 0 Å². The molecule has 0 radical (unpaired) electrons. The monoisotopic (exact) mass is 403 g/mol. The average Bonchev–Trinajstić information content (AvgIpc) is 2.82. The van der Waals surface area contributed by atoms with Crippen LogP contribution in [0, 0.1) is 0 Å². The number of hydrogen-bond acceptors (Lipinski definition) is 5. The molecule has 2 heterocycles. The zero-order chi connectivity index (χ0) is 20.9. The summed E-state index contributed by atoms with van der Waals surface area (Å²) in [5.74, 6) is 2.35. The molecule has 6 heteroatoms. The van der Waals surface area contributed by atoms with Gasteiger partial charge in [0.25, 0.3) is 0 Å². The Morgan fingerprint density at radius 3 is 2.53 bits per heavy atom. The Kier molecular flexibility index (Phi) is 5.84. The number of para-hydroxylation sites is 1. The summed E-state index contributed by atoms with van der Waals surface area (Å²) in [4.78, 5) is 21.5. The molecule has 1 fully saturated rings. The van der Waals surface area contributed by atoms with Gasteiger partial charge in [-0.2, -0.15) is 0 Å². The fourth-order valence-corrected chi connectivity index (χ4v) is 3.61. The summed E-state index contributed by atoms with van der Waals surface area (Å²) in [5, 5.41) is 1.13. The summed E-state index contributed by atoms with van der Waals surface area (Å²) in [6.07, 6.45) is 3.39. The van der Waals surface area contributed by atoms with Gasteiger partial charge in [-0.3, -0.25) is 4.79 Å². The lowest BCUT2D eigenvalue weighted by Crippen LogP contribution is -2.48. The van der Waals surface area contributed by atoms with Crippen molar-refractivity contribution in [2.45, 2.75) is 0 Å². The highest BCUT2D eigenvalue weighted by Crippen LogP contribution is 2.26. The Balaban J connectivity index is 1.38. The van der Waals surface area contributed by atoms with E-state index in [1.54, 1.807) is 32.4 Å². The van der Waals surface area contributed by atoms with Crippen LogP contribution in [-0.4, -0.2) is 56.2 Å². The van der Waals surface area contributed by atoms with E-state index in [0.717, 1.165) is 35.4 Å². The van der Waals surface area contributed by atoms with E-state index in [1.807, 2.05) is 35.2 Å². The predicted octanol–water partition coefficient (Wildman–Crippen LogP) is 3.61. The van der Waals surface area contributed by atoms with E-state index in [4.69, 9.17) is 14.5 Å². The number of aromatic nitrogens is 1. The van der Waals surface area contributed by atoms with E-state index in [0.29, 0.717) is 24.6 Å². The van der Waals surface area contributed by atoms with Crippen molar-refractivity contribution in [2.75, 3.05) is 45.3 Å². The number of nitrogens with zero attached hydrogens (tertiary/aromatic N) is 3. The third kappa shape index (κ3) is 4.22. The van der Waals surface area contributed by atoms with E-state index in [-0.39, 0.29) is 5.91 Å². The Morgan fingerprint density at radius 2 is 1.77 bits per heavy atom. The van der Waals surface area contributed by atoms with Gasteiger partial charge < -0.3 is 19.3 Å². The quantitative estimate of drug-likeness (QED) is 0.609. The molecule has 0 aliphatic carbocycles. The Labute approximate surface area is 176 Å². The summed E-state index contributed by atoms with van der Waals surface area (Å²) in [5.41, 5.74) is 1.83. The van der Waals surface area contributed by atoms with Crippen LogP contribution in [0.25, 0.3) is 17.0 Å². The zero-order valence-corrected chi connectivity index (χ0v) is 17.2. The second-order valence-electron chi connectivity index (χ2n) is 7.12. The summed E-state index contributed by atoms with van der Waals surface area (Å²) in [6, 6.07) is 17.8. The number of piperazine rings is 1. The first kappa shape index (κ1) is 19.8. The van der Waals surface area contributed by atoms with Crippen LogP contribution in [0.1, 0.15) is 5.56 Å². The minimum atomic E-state index is -0.000934. The predicted molar refractivity (Wildman–Crippen MR) is 119 cm³/mol. The van der Waals surface area contributed by atoms with E-state index < -0.39 is 0 Å². The van der Waals surface area contributed by atoms with Gasteiger partial charge in [-0.25, -0.2) is 4.98 Å². The van der Waals surface area contributed by atoms with Gasteiger partial charge in [0, 0.05) is 49.3 Å². The second kappa shape index (κ2) is 8.86. The van der Waals surface area contributed by atoms with Crippen LogP contribution in [0.3, 0.4) is 0 Å². The zero-order valence-electron chi connectivity index (χ0n) is 17.2. The third-order valence-electron chi connectivity index (χ3n) is 5.35. The molecule has 0 saturated carbocycles. The van der Waals surface area contributed by atoms with Crippen molar-refractivity contribution in [3.8, 4) is 11.5 Å². The fourth-order valence-electron chi connectivity index (χ4n) is 3.61. The van der Waals surface area contributed by atoms with Crippen LogP contribution >= 0.6 is 0 Å². The van der Waals surface area contributed by atoms with Crippen LogP contribution < -0.4 is 14.4 Å². The normalized spacial score (nSPS) is 14.3. The minimum Gasteiger partial charge on any atom is -0.497 e. The van der Waals surface area contributed by atoms with Gasteiger partial charge in [0.05, 0.1) is 19.7 Å². The molecule has 0 N–H and O–H groups in total. The standard InChI is InChI=1S/C24H25N3O3/c1-29-20-10-7-19(22(17-20)30-2)9-12-24(28)27-15-13-26(14-16-27)23-11-8-18-5-3-4-6-21(18)25-23/h3-12,17H,13-16H2,1-2H3/b12-9+. The number of amides is 1. The Morgan fingerprint density at radius 1 is 0.967 bits per heavy atom. The molecule has 1 amide bonds. The van der Waals surface area contributed by atoms with E-state index in [9.17, 15) is 4.79 Å². The van der Waals surface area contributed by atoms with Crippen molar-refractivity contribution in [1.29, 1.82) is 0 Å². The molecule has 0 unspecified atom stereocenters. The molecule has 1 saturated heterocycles. The number of carbonyl (C=O) groups is 1. The lowest BCUT2D eigenvalue weighted by atomic mass is 10.1. The SMILES string of the molecule is COc1ccc(/C=C/C(=O)N2CCN(c3ccc4ccccc4n3)CC2)c(OC)c1. The Hall–Kier alpha value is -3.54. The number of anilines is 1. The first-order valence-corrected chi connectivity index (χ1v) is 9.97. The maximum absolute atomic E-state index is 12.7. The summed E-state index contributed by atoms with van der Waals surface area (Å²) in [6.45, 7) is 2.85. The van der Waals surface area contributed by atoms with E-state index >= 15 is 0 Å². The molecule has 1 aromatic heterocycles. The van der Waals surface area contributed by atoms with Crippen molar-refractivity contribution < 1.29 is 14.3 Å². The van der Waals surface area contributed by atoms with Crippen LogP contribution in [0.4, 0.5) is 5.82 Å². The molecule has 0 atom stereocenters. The number of benzene rings is 2. The van der Waals surface area contributed by atoms with Gasteiger partial charge in [0.15, 0.2) is 0 Å². The molecule has 6 nitrogen and oxygen atoms in total. The highest BCUT2D eigenvalue weighted by molar-refractivity contribution is 5.92. The van der Waals surface area contributed by atoms with Gasteiger partial charge in [-0.1, -0.05) is 18.2 Å².